The van der Waals surface area contributed by atoms with Gasteiger partial charge in [0.15, 0.2) is 0 Å². The largest absolute Gasteiger partial charge is 0.447 e. The lowest BCUT2D eigenvalue weighted by atomic mass is 10.1. The summed E-state index contributed by atoms with van der Waals surface area (Å²) >= 11 is 0. The van der Waals surface area contributed by atoms with Crippen molar-refractivity contribution in [1.82, 2.24) is 5.32 Å². The highest BCUT2D eigenvalue weighted by molar-refractivity contribution is 6.00. The van der Waals surface area contributed by atoms with Gasteiger partial charge in [0.2, 0.25) is 11.8 Å². The number of carbonyl (C=O) groups excluding carboxylic acids is 3. The molecular formula is C24H23N3O4. The number of cyclic esters (lactones) is 1. The third-order valence-corrected chi connectivity index (χ3v) is 5.36. The van der Waals surface area contributed by atoms with Gasteiger partial charge >= 0.3 is 6.09 Å². The van der Waals surface area contributed by atoms with E-state index in [1.165, 1.54) is 0 Å². The Hall–Kier alpha value is -3.79. The minimum Gasteiger partial charge on any atom is -0.447 e. The molecule has 3 amide bonds. The van der Waals surface area contributed by atoms with Gasteiger partial charge in [0.25, 0.3) is 0 Å². The van der Waals surface area contributed by atoms with E-state index in [1.54, 1.807) is 9.80 Å². The predicted molar refractivity (Wildman–Crippen MR) is 117 cm³/mol. The van der Waals surface area contributed by atoms with Crippen LogP contribution in [0.1, 0.15) is 17.5 Å². The summed E-state index contributed by atoms with van der Waals surface area (Å²) in [5.41, 5.74) is 3.49. The number of hydrogen-bond donors (Lipinski definition) is 1. The SMILES string of the molecule is Cc1ccc(N2CC(C(=O)NCC#Cc3ccc(N4CCOC4=O)cc3)CC2=O)cc1. The lowest BCUT2D eigenvalue weighted by molar-refractivity contribution is -0.126. The molecule has 7 heteroatoms. The summed E-state index contributed by atoms with van der Waals surface area (Å²) in [6.45, 7) is 3.51. The second-order valence-electron chi connectivity index (χ2n) is 7.57. The standard InChI is InChI=1S/C24H23N3O4/c1-17-4-8-21(9-5-17)27-16-19(15-22(27)28)23(29)25-12-2-3-18-6-10-20(11-7-18)26-13-14-31-24(26)30/h4-11,19H,12-16H2,1H3,(H,25,29). The van der Waals surface area contributed by atoms with Crippen LogP contribution < -0.4 is 15.1 Å². The molecule has 158 valence electrons. The van der Waals surface area contributed by atoms with Gasteiger partial charge in [-0.2, -0.15) is 0 Å². The molecular weight excluding hydrogens is 394 g/mol. The van der Waals surface area contributed by atoms with Gasteiger partial charge in [-0.25, -0.2) is 4.79 Å². The maximum absolute atomic E-state index is 12.4. The Morgan fingerprint density at radius 1 is 1.06 bits per heavy atom. The summed E-state index contributed by atoms with van der Waals surface area (Å²) in [6, 6.07) is 15.0. The fraction of sp³-hybridized carbons (Fsp3) is 0.292. The van der Waals surface area contributed by atoms with E-state index in [9.17, 15) is 14.4 Å². The Kier molecular flexibility index (Phi) is 5.89. The Morgan fingerprint density at radius 2 is 1.74 bits per heavy atom. The summed E-state index contributed by atoms with van der Waals surface area (Å²) in [5, 5.41) is 2.80. The Morgan fingerprint density at radius 3 is 2.42 bits per heavy atom. The van der Waals surface area contributed by atoms with Crippen LogP contribution in [0.5, 0.6) is 0 Å². The van der Waals surface area contributed by atoms with Crippen LogP contribution in [0.25, 0.3) is 0 Å². The number of rotatable bonds is 4. The molecule has 1 N–H and O–H groups in total. The summed E-state index contributed by atoms with van der Waals surface area (Å²) < 4.78 is 4.93. The van der Waals surface area contributed by atoms with Crippen molar-refractivity contribution in [2.24, 2.45) is 5.92 Å². The van der Waals surface area contributed by atoms with Gasteiger partial charge in [-0.05, 0) is 43.3 Å². The van der Waals surface area contributed by atoms with Crippen molar-refractivity contribution in [2.75, 3.05) is 36.0 Å². The van der Waals surface area contributed by atoms with E-state index in [0.717, 1.165) is 22.5 Å². The number of aryl methyl sites for hydroxylation is 1. The van der Waals surface area contributed by atoms with Crippen molar-refractivity contribution in [3.63, 3.8) is 0 Å². The highest BCUT2D eigenvalue weighted by Gasteiger charge is 2.34. The molecule has 0 saturated carbocycles. The van der Waals surface area contributed by atoms with Crippen LogP contribution in [0.2, 0.25) is 0 Å². The number of anilines is 2. The molecule has 0 aromatic heterocycles. The Bertz CT molecular complexity index is 1050. The molecule has 31 heavy (non-hydrogen) atoms. The van der Waals surface area contributed by atoms with Crippen molar-refractivity contribution in [2.45, 2.75) is 13.3 Å². The van der Waals surface area contributed by atoms with Gasteiger partial charge in [-0.1, -0.05) is 29.5 Å². The van der Waals surface area contributed by atoms with E-state index >= 15 is 0 Å². The molecule has 2 saturated heterocycles. The van der Waals surface area contributed by atoms with Crippen LogP contribution in [0, 0.1) is 24.7 Å². The fourth-order valence-electron chi connectivity index (χ4n) is 3.63. The summed E-state index contributed by atoms with van der Waals surface area (Å²) in [4.78, 5) is 39.6. The van der Waals surface area contributed by atoms with Crippen LogP contribution in [-0.2, 0) is 14.3 Å². The quantitative estimate of drug-likeness (QED) is 0.776. The molecule has 2 aliphatic heterocycles. The smallest absolute Gasteiger partial charge is 0.414 e. The zero-order valence-electron chi connectivity index (χ0n) is 17.3. The number of ether oxygens (including phenoxy) is 1. The van der Waals surface area contributed by atoms with Gasteiger partial charge in [-0.3, -0.25) is 14.5 Å². The maximum atomic E-state index is 12.4. The zero-order valence-corrected chi connectivity index (χ0v) is 17.3. The predicted octanol–water partition coefficient (Wildman–Crippen LogP) is 2.47. The van der Waals surface area contributed by atoms with Crippen molar-refractivity contribution in [1.29, 1.82) is 0 Å². The van der Waals surface area contributed by atoms with E-state index < -0.39 is 0 Å². The van der Waals surface area contributed by atoms with E-state index in [-0.39, 0.29) is 36.8 Å². The normalized spacial score (nSPS) is 17.9. The summed E-state index contributed by atoms with van der Waals surface area (Å²) in [6.07, 6.45) is -0.138. The Balaban J connectivity index is 1.28. The zero-order chi connectivity index (χ0) is 21.8. The average Bonchev–Trinajstić information content (AvgIpc) is 3.38. The van der Waals surface area contributed by atoms with Crippen LogP contribution in [0.3, 0.4) is 0 Å². The molecule has 0 aliphatic carbocycles. The number of carbonyl (C=O) groups is 3. The van der Waals surface area contributed by atoms with E-state index in [4.69, 9.17) is 4.74 Å². The second-order valence-corrected chi connectivity index (χ2v) is 7.57. The molecule has 2 heterocycles. The third-order valence-electron chi connectivity index (χ3n) is 5.36. The highest BCUT2D eigenvalue weighted by atomic mass is 16.6. The molecule has 0 bridgehead atoms. The average molecular weight is 417 g/mol. The number of nitrogens with zero attached hydrogens (tertiary/aromatic N) is 2. The van der Waals surface area contributed by atoms with Crippen molar-refractivity contribution >= 4 is 29.3 Å². The monoisotopic (exact) mass is 417 g/mol. The molecule has 0 radical (unpaired) electrons. The maximum Gasteiger partial charge on any atom is 0.414 e. The first-order valence-corrected chi connectivity index (χ1v) is 10.2. The summed E-state index contributed by atoms with van der Waals surface area (Å²) in [5.74, 6) is 5.33. The van der Waals surface area contributed by atoms with E-state index in [1.807, 2.05) is 55.5 Å². The Labute approximate surface area is 181 Å². The van der Waals surface area contributed by atoms with Crippen LogP contribution in [-0.4, -0.2) is 44.1 Å². The number of benzene rings is 2. The third kappa shape index (κ3) is 4.69. The molecule has 1 unspecified atom stereocenters. The first-order valence-electron chi connectivity index (χ1n) is 10.2. The summed E-state index contributed by atoms with van der Waals surface area (Å²) in [7, 11) is 0. The topological polar surface area (TPSA) is 79.0 Å². The molecule has 1 atom stereocenters. The van der Waals surface area contributed by atoms with Crippen LogP contribution >= 0.6 is 0 Å². The van der Waals surface area contributed by atoms with E-state index in [2.05, 4.69) is 17.2 Å². The van der Waals surface area contributed by atoms with Gasteiger partial charge in [-0.15, -0.1) is 0 Å². The van der Waals surface area contributed by atoms with Gasteiger partial charge in [0.1, 0.15) is 6.61 Å². The minimum absolute atomic E-state index is 0.0444. The number of nitrogens with one attached hydrogen (secondary N) is 1. The molecule has 0 spiro atoms. The first kappa shape index (κ1) is 20.5. The van der Waals surface area contributed by atoms with Crippen molar-refractivity contribution in [3.05, 3.63) is 59.7 Å². The van der Waals surface area contributed by atoms with Gasteiger partial charge in [0.05, 0.1) is 19.0 Å². The molecule has 4 rings (SSSR count). The van der Waals surface area contributed by atoms with E-state index in [0.29, 0.717) is 19.7 Å². The van der Waals surface area contributed by atoms with Crippen molar-refractivity contribution in [3.8, 4) is 11.8 Å². The number of hydrogen-bond acceptors (Lipinski definition) is 4. The highest BCUT2D eigenvalue weighted by Crippen LogP contribution is 2.25. The second kappa shape index (κ2) is 8.92. The molecule has 2 aromatic rings. The first-order chi connectivity index (χ1) is 15.0. The molecule has 2 aromatic carbocycles. The van der Waals surface area contributed by atoms with Crippen molar-refractivity contribution < 1.29 is 19.1 Å². The lowest BCUT2D eigenvalue weighted by Crippen LogP contribution is -2.33. The van der Waals surface area contributed by atoms with Crippen LogP contribution in [0.4, 0.5) is 16.2 Å². The number of amides is 3. The molecule has 2 aliphatic rings. The minimum atomic E-state index is -0.380. The lowest BCUT2D eigenvalue weighted by Gasteiger charge is -2.16. The van der Waals surface area contributed by atoms with Gasteiger partial charge in [0, 0.05) is 29.9 Å². The van der Waals surface area contributed by atoms with Gasteiger partial charge < -0.3 is 15.0 Å². The molecule has 7 nitrogen and oxygen atoms in total. The molecule has 2 fully saturated rings. The fourth-order valence-corrected chi connectivity index (χ4v) is 3.63. The van der Waals surface area contributed by atoms with Crippen LogP contribution in [0.15, 0.2) is 48.5 Å².